The molecule has 1 unspecified atom stereocenters. The highest BCUT2D eigenvalue weighted by Gasteiger charge is 2.09. The van der Waals surface area contributed by atoms with Gasteiger partial charge in [0.15, 0.2) is 5.16 Å². The average Bonchev–Trinajstić information content (AvgIpc) is 2.70. The smallest absolute Gasteiger partial charge is 0.324 e. The zero-order valence-corrected chi connectivity index (χ0v) is 11.1. The number of aromatic amines is 1. The molecule has 96 valence electrons. The molecule has 0 aromatic carbocycles. The normalized spacial score (nSPS) is 12.6. The molecule has 0 fully saturated rings. The molecule has 0 aliphatic rings. The monoisotopic (exact) mass is 265 g/mol. The van der Waals surface area contributed by atoms with Crippen LogP contribution < -0.4 is 11.4 Å². The van der Waals surface area contributed by atoms with E-state index >= 15 is 0 Å². The molecule has 2 rings (SSSR count). The molecule has 0 spiro atoms. The van der Waals surface area contributed by atoms with Crippen LogP contribution in [0.25, 0.3) is 0 Å². The molecule has 3 N–H and O–H groups in total. The van der Waals surface area contributed by atoms with E-state index in [0.29, 0.717) is 11.7 Å². The minimum Gasteiger partial charge on any atom is -0.324 e. The van der Waals surface area contributed by atoms with Crippen LogP contribution in [0.3, 0.4) is 0 Å². The first kappa shape index (κ1) is 12.8. The first-order valence-electron chi connectivity index (χ1n) is 5.66. The first-order valence-corrected chi connectivity index (χ1v) is 6.48. The van der Waals surface area contributed by atoms with Gasteiger partial charge in [-0.2, -0.15) is 0 Å². The van der Waals surface area contributed by atoms with Gasteiger partial charge in [0.1, 0.15) is 5.03 Å². The van der Waals surface area contributed by atoms with Crippen LogP contribution in [0.5, 0.6) is 0 Å². The third kappa shape index (κ3) is 2.62. The van der Waals surface area contributed by atoms with Crippen molar-refractivity contribution in [2.75, 3.05) is 0 Å². The summed E-state index contributed by atoms with van der Waals surface area (Å²) < 4.78 is 1.56. The molecule has 2 aromatic rings. The Labute approximate surface area is 109 Å². The van der Waals surface area contributed by atoms with Crippen LogP contribution in [0.1, 0.15) is 25.5 Å². The van der Waals surface area contributed by atoms with Crippen LogP contribution in [0.2, 0.25) is 0 Å². The Hall–Kier alpha value is -1.60. The molecule has 2 heterocycles. The third-order valence-electron chi connectivity index (χ3n) is 2.52. The predicted molar refractivity (Wildman–Crippen MR) is 69.5 cm³/mol. The highest BCUT2D eigenvalue weighted by molar-refractivity contribution is 7.99. The van der Waals surface area contributed by atoms with Crippen molar-refractivity contribution in [1.29, 1.82) is 0 Å². The average molecular weight is 265 g/mol. The van der Waals surface area contributed by atoms with E-state index in [1.165, 1.54) is 11.8 Å². The van der Waals surface area contributed by atoms with E-state index in [4.69, 9.17) is 5.73 Å². The third-order valence-corrected chi connectivity index (χ3v) is 3.47. The van der Waals surface area contributed by atoms with Gasteiger partial charge in [0.25, 0.3) is 0 Å². The second kappa shape index (κ2) is 5.36. The van der Waals surface area contributed by atoms with E-state index in [2.05, 4.69) is 15.2 Å². The summed E-state index contributed by atoms with van der Waals surface area (Å²) in [5.41, 5.74) is 6.53. The van der Waals surface area contributed by atoms with Crippen LogP contribution >= 0.6 is 11.8 Å². The molecular weight excluding hydrogens is 250 g/mol. The van der Waals surface area contributed by atoms with Crippen molar-refractivity contribution in [2.24, 2.45) is 5.73 Å². The van der Waals surface area contributed by atoms with E-state index in [9.17, 15) is 4.79 Å². The minimum atomic E-state index is -0.202. The van der Waals surface area contributed by atoms with E-state index in [1.54, 1.807) is 10.8 Å². The lowest BCUT2D eigenvalue weighted by molar-refractivity contribution is 0.660. The lowest BCUT2D eigenvalue weighted by Crippen LogP contribution is -2.16. The maximum Gasteiger partial charge on any atom is 0.343 e. The maximum atomic E-state index is 11.4. The van der Waals surface area contributed by atoms with Crippen molar-refractivity contribution in [1.82, 2.24) is 19.7 Å². The molecule has 0 bridgehead atoms. The molecule has 0 saturated carbocycles. The lowest BCUT2D eigenvalue weighted by atomic mass is 10.2. The van der Waals surface area contributed by atoms with E-state index < -0.39 is 0 Å². The standard InChI is InChI=1S/C11H15N5OS/c1-3-16-10(17)14-15-11(16)18-9-5-4-8(6-13-9)7(2)12/h4-7H,3,12H2,1-2H3,(H,14,17). The fourth-order valence-electron chi connectivity index (χ4n) is 1.47. The van der Waals surface area contributed by atoms with Gasteiger partial charge in [-0.15, -0.1) is 5.10 Å². The molecule has 18 heavy (non-hydrogen) atoms. The Kier molecular flexibility index (Phi) is 3.83. The summed E-state index contributed by atoms with van der Waals surface area (Å²) >= 11 is 1.35. The topological polar surface area (TPSA) is 89.6 Å². The Bertz CT molecular complexity index is 572. The highest BCUT2D eigenvalue weighted by Crippen LogP contribution is 2.23. The molecular formula is C11H15N5OS. The van der Waals surface area contributed by atoms with Crippen molar-refractivity contribution < 1.29 is 0 Å². The molecule has 0 saturated heterocycles. The number of rotatable bonds is 4. The molecule has 6 nitrogen and oxygen atoms in total. The molecule has 0 aliphatic heterocycles. The Balaban J connectivity index is 2.21. The molecule has 0 amide bonds. The lowest BCUT2D eigenvalue weighted by Gasteiger charge is -2.05. The van der Waals surface area contributed by atoms with Gasteiger partial charge in [0, 0.05) is 18.8 Å². The van der Waals surface area contributed by atoms with Gasteiger partial charge >= 0.3 is 5.69 Å². The quantitative estimate of drug-likeness (QED) is 0.865. The number of hydrogen-bond acceptors (Lipinski definition) is 5. The number of hydrogen-bond donors (Lipinski definition) is 2. The van der Waals surface area contributed by atoms with Gasteiger partial charge in [0.2, 0.25) is 0 Å². The van der Waals surface area contributed by atoms with Crippen molar-refractivity contribution >= 4 is 11.8 Å². The number of nitrogens with two attached hydrogens (primary N) is 1. The second-order valence-electron chi connectivity index (χ2n) is 3.88. The number of nitrogens with one attached hydrogen (secondary N) is 1. The molecule has 0 radical (unpaired) electrons. The largest absolute Gasteiger partial charge is 0.343 e. The Morgan fingerprint density at radius 2 is 2.33 bits per heavy atom. The summed E-state index contributed by atoms with van der Waals surface area (Å²) in [5.74, 6) is 0. The van der Waals surface area contributed by atoms with Gasteiger partial charge in [0.05, 0.1) is 0 Å². The summed E-state index contributed by atoms with van der Waals surface area (Å²) in [7, 11) is 0. The van der Waals surface area contributed by atoms with Crippen molar-refractivity contribution in [3.8, 4) is 0 Å². The summed E-state index contributed by atoms with van der Waals surface area (Å²) in [6, 6.07) is 3.78. The summed E-state index contributed by atoms with van der Waals surface area (Å²) in [5, 5.41) is 7.79. The van der Waals surface area contributed by atoms with E-state index in [0.717, 1.165) is 10.6 Å². The van der Waals surface area contributed by atoms with Crippen LogP contribution in [0.15, 0.2) is 33.3 Å². The number of nitrogens with zero attached hydrogens (tertiary/aromatic N) is 3. The summed E-state index contributed by atoms with van der Waals surface area (Å²) in [6.07, 6.45) is 1.74. The molecule has 7 heteroatoms. The van der Waals surface area contributed by atoms with Gasteiger partial charge in [-0.05, 0) is 37.2 Å². The van der Waals surface area contributed by atoms with Gasteiger partial charge in [-0.1, -0.05) is 6.07 Å². The fourth-order valence-corrected chi connectivity index (χ4v) is 2.32. The van der Waals surface area contributed by atoms with Crippen LogP contribution in [-0.2, 0) is 6.54 Å². The summed E-state index contributed by atoms with van der Waals surface area (Å²) in [6.45, 7) is 4.38. The zero-order chi connectivity index (χ0) is 13.1. The van der Waals surface area contributed by atoms with Crippen molar-refractivity contribution in [3.05, 3.63) is 34.4 Å². The van der Waals surface area contributed by atoms with Crippen LogP contribution in [0.4, 0.5) is 0 Å². The van der Waals surface area contributed by atoms with Crippen molar-refractivity contribution in [2.45, 2.75) is 36.6 Å². The molecule has 2 aromatic heterocycles. The number of pyridine rings is 1. The predicted octanol–water partition coefficient (Wildman–Crippen LogP) is 1.16. The van der Waals surface area contributed by atoms with Gasteiger partial charge < -0.3 is 5.73 Å². The molecule has 0 aliphatic carbocycles. The second-order valence-corrected chi connectivity index (χ2v) is 4.86. The minimum absolute atomic E-state index is 0.0317. The fraction of sp³-hybridized carbons (Fsp3) is 0.364. The number of H-pyrrole nitrogens is 1. The maximum absolute atomic E-state index is 11.4. The Morgan fingerprint density at radius 3 is 2.89 bits per heavy atom. The number of aromatic nitrogens is 4. The van der Waals surface area contributed by atoms with Gasteiger partial charge in [-0.25, -0.2) is 14.9 Å². The van der Waals surface area contributed by atoms with Crippen LogP contribution in [-0.4, -0.2) is 19.7 Å². The highest BCUT2D eigenvalue weighted by atomic mass is 32.2. The zero-order valence-electron chi connectivity index (χ0n) is 10.3. The van der Waals surface area contributed by atoms with Crippen molar-refractivity contribution in [3.63, 3.8) is 0 Å². The summed E-state index contributed by atoms with van der Waals surface area (Å²) in [4.78, 5) is 15.7. The first-order chi connectivity index (χ1) is 8.61. The van der Waals surface area contributed by atoms with E-state index in [1.807, 2.05) is 26.0 Å². The van der Waals surface area contributed by atoms with Gasteiger partial charge in [-0.3, -0.25) is 4.57 Å². The Morgan fingerprint density at radius 1 is 1.56 bits per heavy atom. The SMILES string of the molecule is CCn1c(Sc2ccc(C(C)N)cn2)n[nH]c1=O. The molecule has 1 atom stereocenters. The van der Waals surface area contributed by atoms with E-state index in [-0.39, 0.29) is 11.7 Å². The van der Waals surface area contributed by atoms with Crippen LogP contribution in [0, 0.1) is 0 Å².